The van der Waals surface area contributed by atoms with Crippen LogP contribution in [0.15, 0.2) is 78.9 Å². The van der Waals surface area contributed by atoms with Crippen LogP contribution in [0.5, 0.6) is 0 Å². The zero-order chi connectivity index (χ0) is 23.8. The second-order valence-electron chi connectivity index (χ2n) is 8.58. The SMILES string of the molecule is Cc1ccc(-c2cc(-c3ccccc3)c3c(N)c(C(=O)Nc4cc(C)ccc4C)sc3n2)cc1. The molecule has 5 heteroatoms. The predicted octanol–water partition coefficient (Wildman–Crippen LogP) is 7.39. The maximum Gasteiger partial charge on any atom is 0.267 e. The molecule has 0 bridgehead atoms. The second-order valence-corrected chi connectivity index (χ2v) is 9.58. The number of carbonyl (C=O) groups is 1. The van der Waals surface area contributed by atoms with Gasteiger partial charge in [0.2, 0.25) is 0 Å². The molecule has 168 valence electrons. The van der Waals surface area contributed by atoms with E-state index in [4.69, 9.17) is 10.7 Å². The summed E-state index contributed by atoms with van der Waals surface area (Å²) >= 11 is 1.33. The zero-order valence-corrected chi connectivity index (χ0v) is 20.2. The number of benzene rings is 3. The van der Waals surface area contributed by atoms with Gasteiger partial charge in [0.1, 0.15) is 9.71 Å². The van der Waals surface area contributed by atoms with Gasteiger partial charge in [-0.25, -0.2) is 4.98 Å². The number of nitrogens with zero attached hydrogens (tertiary/aromatic N) is 1. The van der Waals surface area contributed by atoms with E-state index >= 15 is 0 Å². The minimum absolute atomic E-state index is 0.218. The average Bonchev–Trinajstić information content (AvgIpc) is 3.18. The Morgan fingerprint density at radius 2 is 1.56 bits per heavy atom. The molecular weight excluding hydrogens is 438 g/mol. The maximum atomic E-state index is 13.3. The van der Waals surface area contributed by atoms with Crippen molar-refractivity contribution in [1.29, 1.82) is 0 Å². The van der Waals surface area contributed by atoms with Crippen molar-refractivity contribution >= 4 is 38.8 Å². The van der Waals surface area contributed by atoms with Gasteiger partial charge in [-0.15, -0.1) is 11.3 Å². The number of nitrogen functional groups attached to an aromatic ring is 1. The summed E-state index contributed by atoms with van der Waals surface area (Å²) in [6.07, 6.45) is 0. The molecule has 0 fully saturated rings. The Morgan fingerprint density at radius 1 is 0.853 bits per heavy atom. The minimum Gasteiger partial charge on any atom is -0.397 e. The summed E-state index contributed by atoms with van der Waals surface area (Å²) in [7, 11) is 0. The van der Waals surface area contributed by atoms with Gasteiger partial charge in [-0.05, 0) is 55.2 Å². The minimum atomic E-state index is -0.218. The van der Waals surface area contributed by atoms with Gasteiger partial charge in [-0.1, -0.05) is 72.3 Å². The average molecular weight is 464 g/mol. The molecule has 0 spiro atoms. The number of thiophene rings is 1. The van der Waals surface area contributed by atoms with Crippen molar-refractivity contribution in [2.45, 2.75) is 20.8 Å². The number of amides is 1. The smallest absolute Gasteiger partial charge is 0.267 e. The highest BCUT2D eigenvalue weighted by atomic mass is 32.1. The van der Waals surface area contributed by atoms with E-state index in [9.17, 15) is 4.79 Å². The van der Waals surface area contributed by atoms with E-state index in [1.54, 1.807) is 0 Å². The van der Waals surface area contributed by atoms with Gasteiger partial charge in [0.05, 0.1) is 11.4 Å². The molecule has 0 radical (unpaired) electrons. The second kappa shape index (κ2) is 8.76. The van der Waals surface area contributed by atoms with Crippen molar-refractivity contribution < 1.29 is 4.79 Å². The number of carbonyl (C=O) groups excluding carboxylic acids is 1. The van der Waals surface area contributed by atoms with Gasteiger partial charge < -0.3 is 11.1 Å². The quantitative estimate of drug-likeness (QED) is 0.292. The van der Waals surface area contributed by atoms with Crippen LogP contribution >= 0.6 is 11.3 Å². The fourth-order valence-corrected chi connectivity index (χ4v) is 5.07. The molecule has 0 saturated heterocycles. The van der Waals surface area contributed by atoms with Crippen LogP contribution in [0.25, 0.3) is 32.6 Å². The number of pyridine rings is 1. The van der Waals surface area contributed by atoms with Crippen molar-refractivity contribution in [3.05, 3.63) is 100 Å². The number of nitrogens with two attached hydrogens (primary N) is 1. The molecule has 0 aliphatic heterocycles. The molecule has 2 aromatic heterocycles. The van der Waals surface area contributed by atoms with Crippen molar-refractivity contribution in [1.82, 2.24) is 4.98 Å². The molecule has 0 unspecified atom stereocenters. The Kier molecular flexibility index (Phi) is 5.64. The highest BCUT2D eigenvalue weighted by Gasteiger charge is 2.22. The molecule has 0 saturated carbocycles. The number of hydrogen-bond donors (Lipinski definition) is 2. The van der Waals surface area contributed by atoms with E-state index in [-0.39, 0.29) is 5.91 Å². The lowest BCUT2D eigenvalue weighted by molar-refractivity contribution is 0.103. The highest BCUT2D eigenvalue weighted by molar-refractivity contribution is 7.21. The lowest BCUT2D eigenvalue weighted by atomic mass is 9.99. The zero-order valence-electron chi connectivity index (χ0n) is 19.3. The van der Waals surface area contributed by atoms with E-state index in [1.165, 1.54) is 16.9 Å². The number of nitrogens with one attached hydrogen (secondary N) is 1. The van der Waals surface area contributed by atoms with Crippen LogP contribution in [0.3, 0.4) is 0 Å². The summed E-state index contributed by atoms with van der Waals surface area (Å²) in [4.78, 5) is 19.4. The van der Waals surface area contributed by atoms with Gasteiger partial charge in [0, 0.05) is 16.6 Å². The van der Waals surface area contributed by atoms with Crippen molar-refractivity contribution in [2.24, 2.45) is 0 Å². The first-order valence-electron chi connectivity index (χ1n) is 11.1. The first-order valence-corrected chi connectivity index (χ1v) is 12.0. The summed E-state index contributed by atoms with van der Waals surface area (Å²) in [5, 5.41) is 3.86. The molecular formula is C29H25N3OS. The van der Waals surface area contributed by atoms with Crippen LogP contribution in [0.2, 0.25) is 0 Å². The van der Waals surface area contributed by atoms with Crippen LogP contribution in [-0.2, 0) is 0 Å². The molecule has 4 nitrogen and oxygen atoms in total. The van der Waals surface area contributed by atoms with Gasteiger partial charge in [0.25, 0.3) is 5.91 Å². The number of aromatic nitrogens is 1. The van der Waals surface area contributed by atoms with Crippen LogP contribution in [0.1, 0.15) is 26.4 Å². The molecule has 3 aromatic carbocycles. The molecule has 3 N–H and O–H groups in total. The molecule has 0 aliphatic carbocycles. The number of fused-ring (bicyclic) bond motifs is 1. The van der Waals surface area contributed by atoms with E-state index in [1.807, 2.05) is 50.2 Å². The summed E-state index contributed by atoms with van der Waals surface area (Å²) < 4.78 is 0. The molecule has 34 heavy (non-hydrogen) atoms. The third kappa shape index (κ3) is 4.06. The Bertz CT molecular complexity index is 1520. The monoisotopic (exact) mass is 463 g/mol. The van der Waals surface area contributed by atoms with Gasteiger partial charge in [-0.2, -0.15) is 0 Å². The van der Waals surface area contributed by atoms with E-state index in [2.05, 4.69) is 54.7 Å². The van der Waals surface area contributed by atoms with Gasteiger partial charge in [0.15, 0.2) is 0 Å². The van der Waals surface area contributed by atoms with E-state index < -0.39 is 0 Å². The molecule has 5 aromatic rings. The first kappa shape index (κ1) is 21.9. The van der Waals surface area contributed by atoms with Crippen molar-refractivity contribution in [3.63, 3.8) is 0 Å². The van der Waals surface area contributed by atoms with Crippen molar-refractivity contribution in [2.75, 3.05) is 11.1 Å². The fraction of sp³-hybridized carbons (Fsp3) is 0.103. The Labute approximate surface area is 203 Å². The number of hydrogen-bond acceptors (Lipinski definition) is 4. The van der Waals surface area contributed by atoms with Gasteiger partial charge >= 0.3 is 0 Å². The molecule has 1 amide bonds. The Morgan fingerprint density at radius 3 is 2.29 bits per heavy atom. The molecule has 2 heterocycles. The third-order valence-electron chi connectivity index (χ3n) is 5.98. The standard InChI is InChI=1S/C29H25N3OS/c1-17-10-13-21(14-11-17)24-16-22(20-7-5-4-6-8-20)25-26(30)27(34-29(25)32-24)28(33)31-23-15-18(2)9-12-19(23)3/h4-16H,30H2,1-3H3,(H,31,33). The molecule has 5 rings (SSSR count). The van der Waals surface area contributed by atoms with Gasteiger partial charge in [-0.3, -0.25) is 4.79 Å². The largest absolute Gasteiger partial charge is 0.397 e. The summed E-state index contributed by atoms with van der Waals surface area (Å²) in [5.41, 5.74) is 15.0. The van der Waals surface area contributed by atoms with Crippen LogP contribution in [0.4, 0.5) is 11.4 Å². The lowest BCUT2D eigenvalue weighted by Gasteiger charge is -2.10. The van der Waals surface area contributed by atoms with Crippen molar-refractivity contribution in [3.8, 4) is 22.4 Å². The predicted molar refractivity (Wildman–Crippen MR) is 144 cm³/mol. The van der Waals surface area contributed by atoms with E-state index in [0.717, 1.165) is 49.4 Å². The summed E-state index contributed by atoms with van der Waals surface area (Å²) in [6, 6.07) is 26.5. The van der Waals surface area contributed by atoms with E-state index in [0.29, 0.717) is 10.6 Å². The lowest BCUT2D eigenvalue weighted by Crippen LogP contribution is -2.13. The highest BCUT2D eigenvalue weighted by Crippen LogP contribution is 2.41. The Balaban J connectivity index is 1.67. The van der Waals surface area contributed by atoms with Crippen LogP contribution < -0.4 is 11.1 Å². The number of aryl methyl sites for hydroxylation is 3. The van der Waals surface area contributed by atoms with Crippen LogP contribution in [-0.4, -0.2) is 10.9 Å². The number of anilines is 2. The first-order chi connectivity index (χ1) is 16.4. The third-order valence-corrected chi connectivity index (χ3v) is 7.08. The summed E-state index contributed by atoms with van der Waals surface area (Å²) in [6.45, 7) is 6.05. The fourth-order valence-electron chi connectivity index (χ4n) is 4.06. The normalized spacial score (nSPS) is 11.0. The number of rotatable bonds is 4. The Hall–Kier alpha value is -3.96. The topological polar surface area (TPSA) is 68.0 Å². The molecule has 0 aliphatic rings. The molecule has 0 atom stereocenters. The maximum absolute atomic E-state index is 13.3. The van der Waals surface area contributed by atoms with Crippen LogP contribution in [0, 0.1) is 20.8 Å². The summed E-state index contributed by atoms with van der Waals surface area (Å²) in [5.74, 6) is -0.218.